The average Bonchev–Trinajstić information content (AvgIpc) is 1.65. The lowest BCUT2D eigenvalue weighted by Gasteiger charge is -2.39. The van der Waals surface area contributed by atoms with Gasteiger partial charge in [-0.1, -0.05) is 41.0 Å². The van der Waals surface area contributed by atoms with Crippen LogP contribution < -0.4 is 21.6 Å². The van der Waals surface area contributed by atoms with Crippen molar-refractivity contribution in [2.45, 2.75) is 142 Å². The molecule has 0 aliphatic carbocycles. The number of fused-ring (bicyclic) bond motifs is 10. The number of phenols is 2. The Morgan fingerprint density at radius 1 is 0.643 bits per heavy atom. The van der Waals surface area contributed by atoms with Gasteiger partial charge in [-0.15, -0.1) is 0 Å². The number of esters is 2. The number of rotatable bonds is 8. The zero-order chi connectivity index (χ0) is 59.5. The highest BCUT2D eigenvalue weighted by molar-refractivity contribution is 6.01. The quantitative estimate of drug-likeness (QED) is 0.0417. The third kappa shape index (κ3) is 9.82. The number of carbonyl (C=O) groups is 4. The summed E-state index contributed by atoms with van der Waals surface area (Å²) in [5.41, 5.74) is 11.2. The number of nitrogens with zero attached hydrogens (tertiary/aromatic N) is 6. The number of ketones is 1. The van der Waals surface area contributed by atoms with Gasteiger partial charge in [0.05, 0.1) is 58.0 Å². The Balaban J connectivity index is 0.000000154. The monoisotopic (exact) mass is 1140 g/mol. The molecule has 1 amide bonds. The number of phenolic OH excluding ortho intramolecular Hbond substituents is 2. The number of carbonyl (C=O) groups excluding carboxylic acids is 4. The van der Waals surface area contributed by atoms with Crippen LogP contribution in [0.2, 0.25) is 0 Å². The molecule has 10 heterocycles. The molecule has 2 atom stereocenters. The van der Waals surface area contributed by atoms with Crippen LogP contribution in [0.5, 0.6) is 17.2 Å². The van der Waals surface area contributed by atoms with E-state index in [1.165, 1.54) is 50.6 Å². The van der Waals surface area contributed by atoms with Crippen molar-refractivity contribution in [3.63, 3.8) is 0 Å². The summed E-state index contributed by atoms with van der Waals surface area (Å²) in [4.78, 5) is 90.0. The van der Waals surface area contributed by atoms with Crippen LogP contribution in [0.4, 0.5) is 10.5 Å². The Morgan fingerprint density at radius 3 is 1.65 bits per heavy atom. The molecular weight excluding hydrogens is 1070 g/mol. The molecule has 0 unspecified atom stereocenters. The van der Waals surface area contributed by atoms with Crippen molar-refractivity contribution >= 4 is 51.3 Å². The lowest BCUT2D eigenvalue weighted by molar-refractivity contribution is -0.172. The van der Waals surface area contributed by atoms with Crippen LogP contribution in [0, 0.1) is 0 Å². The molecule has 6 aliphatic rings. The van der Waals surface area contributed by atoms with Gasteiger partial charge in [0.15, 0.2) is 17.0 Å². The summed E-state index contributed by atoms with van der Waals surface area (Å²) in [6, 6.07) is 18.9. The van der Waals surface area contributed by atoms with Gasteiger partial charge in [-0.05, 0) is 142 Å². The third-order valence-electron chi connectivity index (χ3n) is 17.8. The fourth-order valence-corrected chi connectivity index (χ4v) is 13.0. The lowest BCUT2D eigenvalue weighted by Crippen LogP contribution is -2.48. The maximum absolute atomic E-state index is 13.6. The number of Topliss-reactive ketones (excluding diaryl/α,β-unsaturated/α-hetero) is 1. The van der Waals surface area contributed by atoms with Gasteiger partial charge in [-0.25, -0.2) is 24.4 Å². The molecule has 4 aromatic heterocycles. The number of hydrogen-bond acceptors (Lipinski definition) is 17. The number of nitrogen functional groups attached to an aromatic ring is 1. The molecule has 3 aromatic carbocycles. The molecule has 13 rings (SSSR count). The summed E-state index contributed by atoms with van der Waals surface area (Å²) in [6.45, 7) is 13.3. The van der Waals surface area contributed by atoms with Gasteiger partial charge in [-0.3, -0.25) is 14.4 Å². The van der Waals surface area contributed by atoms with Gasteiger partial charge in [0.1, 0.15) is 30.5 Å². The summed E-state index contributed by atoms with van der Waals surface area (Å²) >= 11 is 0. The van der Waals surface area contributed by atoms with E-state index >= 15 is 0 Å². The lowest BCUT2D eigenvalue weighted by atomic mass is 9.86. The number of cyclic esters (lactones) is 2. The van der Waals surface area contributed by atoms with Crippen molar-refractivity contribution in [1.29, 1.82) is 0 Å². The summed E-state index contributed by atoms with van der Waals surface area (Å²) in [6.07, 6.45) is 7.48. The van der Waals surface area contributed by atoms with E-state index < -0.39 is 23.1 Å². The van der Waals surface area contributed by atoms with Crippen molar-refractivity contribution in [2.75, 3.05) is 31.9 Å². The fraction of sp³-hybridized carbons (Fsp3) is 0.406. The minimum atomic E-state index is -1.86. The molecule has 438 valence electrons. The second kappa shape index (κ2) is 22.6. The van der Waals surface area contributed by atoms with Crippen LogP contribution in [0.25, 0.3) is 44.6 Å². The number of benzene rings is 3. The largest absolute Gasteiger partial charge is 0.508 e. The Bertz CT molecular complexity index is 3990. The molecule has 0 saturated carbocycles. The number of hydrogen-bond donors (Lipinski definition) is 5. The minimum Gasteiger partial charge on any atom is -0.508 e. The van der Waals surface area contributed by atoms with Crippen LogP contribution in [-0.4, -0.2) is 105 Å². The van der Waals surface area contributed by atoms with Gasteiger partial charge in [-0.2, -0.15) is 0 Å². The molecule has 0 spiro atoms. The number of nitrogens with two attached hydrogens (primary N) is 1. The number of piperidine rings is 2. The van der Waals surface area contributed by atoms with E-state index in [1.807, 2.05) is 24.0 Å². The topological polar surface area (TPSA) is 279 Å². The molecule has 6 N–H and O–H groups in total. The second-order valence-corrected chi connectivity index (χ2v) is 22.4. The molecule has 84 heavy (non-hydrogen) atoms. The molecule has 7 aromatic rings. The zero-order valence-electron chi connectivity index (χ0n) is 47.9. The number of ether oxygens (including phenoxy) is 3. The maximum Gasteiger partial charge on any atom is 0.415 e. The minimum absolute atomic E-state index is 0.0524. The number of aliphatic hydroxyl groups is 2. The Labute approximate surface area is 484 Å². The Kier molecular flexibility index (Phi) is 15.4. The first-order chi connectivity index (χ1) is 40.3. The standard InChI is InChI=1S/C33H38N4O6.C22H20N2O5.C9H11NO2/c1-3-22-23-16-21(43-32(40)36-14-10-20(11-15-36)35-12-6-5-7-13-35)8-9-27(23)34-29-24(22)18-37-28(29)17-26-25(30(37)38)19-42-31(39)33(26,41)4-2;1-3-12-13-7-11(25)5-6-17(13)23-19-14(12)9-24-18(19)8-16-15(20(24)26)10-29-21(27)22(16,28)4-2;1-2-9(12)7-5-6(11)3-4-8(7)10/h8-9,16-17,20,41H,3-7,10-15,18-19H2,1-2H3;5-8,25,28H,3-4,9-10H2,1-2H3;3-5,11H,2,10H2,1H3/t33-;22-;/m00./s1. The van der Waals surface area contributed by atoms with E-state index in [2.05, 4.69) is 11.8 Å². The van der Waals surface area contributed by atoms with Crippen molar-refractivity contribution in [2.24, 2.45) is 0 Å². The first-order valence-electron chi connectivity index (χ1n) is 29.1. The predicted octanol–water partition coefficient (Wildman–Crippen LogP) is 8.01. The zero-order valence-corrected chi connectivity index (χ0v) is 47.9. The number of amides is 1. The highest BCUT2D eigenvalue weighted by Gasteiger charge is 2.47. The van der Waals surface area contributed by atoms with E-state index in [9.17, 15) is 44.1 Å². The highest BCUT2D eigenvalue weighted by Crippen LogP contribution is 2.43. The van der Waals surface area contributed by atoms with E-state index in [1.54, 1.807) is 66.3 Å². The number of anilines is 1. The summed E-state index contributed by atoms with van der Waals surface area (Å²) in [7, 11) is 0. The van der Waals surface area contributed by atoms with E-state index in [-0.39, 0.29) is 60.5 Å². The number of aromatic hydroxyl groups is 2. The van der Waals surface area contributed by atoms with Crippen LogP contribution in [0.1, 0.15) is 141 Å². The van der Waals surface area contributed by atoms with Gasteiger partial charge < -0.3 is 59.3 Å². The SMILES string of the molecule is CCC(=O)c1cc(O)ccc1N.CCc1c2c(nc3ccc(O)cc13)-c1cc3c(c(=O)n1C2)COC(=O)[C@]3(O)CC.CCc1c2c(nc3ccc(OC(=O)N4CCC(N5CCCCC5)CC4)cc13)-c1cc3c(c(=O)n1C2)COC(=O)[C@]3(O)CC. The van der Waals surface area contributed by atoms with Crippen molar-refractivity contribution in [3.05, 3.63) is 138 Å². The predicted molar refractivity (Wildman–Crippen MR) is 313 cm³/mol. The molecular formula is C64H69N7O13. The van der Waals surface area contributed by atoms with Gasteiger partial charge in [0.25, 0.3) is 11.1 Å². The van der Waals surface area contributed by atoms with Gasteiger partial charge in [0, 0.05) is 69.8 Å². The molecule has 20 heteroatoms. The number of pyridine rings is 4. The summed E-state index contributed by atoms with van der Waals surface area (Å²) in [5.74, 6) is -0.811. The van der Waals surface area contributed by atoms with Crippen molar-refractivity contribution in [1.82, 2.24) is 28.9 Å². The van der Waals surface area contributed by atoms with Crippen LogP contribution in [0.15, 0.2) is 76.3 Å². The van der Waals surface area contributed by atoms with Crippen molar-refractivity contribution in [3.8, 4) is 40.0 Å². The van der Waals surface area contributed by atoms with E-state index in [0.29, 0.717) is 114 Å². The van der Waals surface area contributed by atoms with Crippen LogP contribution in [0.3, 0.4) is 0 Å². The van der Waals surface area contributed by atoms with Crippen molar-refractivity contribution < 1.29 is 53.8 Å². The van der Waals surface area contributed by atoms with Gasteiger partial charge in [0.2, 0.25) is 0 Å². The molecule has 6 aliphatic heterocycles. The molecule has 2 fully saturated rings. The molecule has 2 saturated heterocycles. The third-order valence-corrected chi connectivity index (χ3v) is 17.8. The number of aryl methyl sites for hydroxylation is 2. The average molecular weight is 1140 g/mol. The Hall–Kier alpha value is -8.46. The maximum atomic E-state index is 13.6. The van der Waals surface area contributed by atoms with E-state index in [0.717, 1.165) is 56.9 Å². The smallest absolute Gasteiger partial charge is 0.415 e. The number of aromatic nitrogens is 4. The first kappa shape index (κ1) is 57.4. The molecule has 0 bridgehead atoms. The highest BCUT2D eigenvalue weighted by atomic mass is 16.6. The normalized spacial score (nSPS) is 19.5. The van der Waals surface area contributed by atoms with Crippen LogP contribution in [-0.2, 0) is 69.4 Å². The fourth-order valence-electron chi connectivity index (χ4n) is 13.0. The number of likely N-dealkylation sites (tertiary alicyclic amines) is 2. The van der Waals surface area contributed by atoms with E-state index in [4.69, 9.17) is 35.0 Å². The Morgan fingerprint density at radius 2 is 1.14 bits per heavy atom. The first-order valence-corrected chi connectivity index (χ1v) is 29.1. The van der Waals surface area contributed by atoms with Crippen LogP contribution >= 0.6 is 0 Å². The molecule has 20 nitrogen and oxygen atoms in total. The molecule has 0 radical (unpaired) electrons. The summed E-state index contributed by atoms with van der Waals surface area (Å²) < 4.78 is 19.4. The second-order valence-electron chi connectivity index (χ2n) is 22.4. The van der Waals surface area contributed by atoms with Gasteiger partial charge >= 0.3 is 18.0 Å². The summed E-state index contributed by atoms with van der Waals surface area (Å²) in [5, 5.41) is 42.8.